The number of carbonyl (C=O) groups excluding carboxylic acids is 2. The van der Waals surface area contributed by atoms with E-state index in [0.29, 0.717) is 25.4 Å². The van der Waals surface area contributed by atoms with Crippen molar-refractivity contribution >= 4 is 11.6 Å². The highest BCUT2D eigenvalue weighted by Crippen LogP contribution is 2.55. The molecule has 104 valence electrons. The first-order valence-electron chi connectivity index (χ1n) is 7.28. The van der Waals surface area contributed by atoms with Crippen molar-refractivity contribution in [2.24, 2.45) is 23.2 Å². The maximum atomic E-state index is 12.6. The molecule has 1 heterocycles. The van der Waals surface area contributed by atoms with Crippen LogP contribution in [0.25, 0.3) is 0 Å². The van der Waals surface area contributed by atoms with E-state index in [1.807, 2.05) is 19.9 Å². The molecule has 1 saturated heterocycles. The van der Waals surface area contributed by atoms with E-state index in [2.05, 4.69) is 13.0 Å². The van der Waals surface area contributed by atoms with Crippen LogP contribution >= 0.6 is 0 Å². The number of hydrogen-bond acceptors (Lipinski definition) is 3. The van der Waals surface area contributed by atoms with Gasteiger partial charge in [-0.3, -0.25) is 9.59 Å². The fourth-order valence-electron chi connectivity index (χ4n) is 4.39. The van der Waals surface area contributed by atoms with Gasteiger partial charge in [-0.25, -0.2) is 0 Å². The van der Waals surface area contributed by atoms with Gasteiger partial charge in [0.25, 0.3) is 0 Å². The molecule has 1 aliphatic heterocycles. The lowest BCUT2D eigenvalue weighted by molar-refractivity contribution is -0.183. The lowest BCUT2D eigenvalue weighted by atomic mass is 9.51. The van der Waals surface area contributed by atoms with E-state index in [1.54, 1.807) is 0 Å². The van der Waals surface area contributed by atoms with Crippen LogP contribution in [-0.2, 0) is 14.3 Å². The molecule has 0 amide bonds. The Morgan fingerprint density at radius 2 is 2.05 bits per heavy atom. The molecule has 19 heavy (non-hydrogen) atoms. The third-order valence-electron chi connectivity index (χ3n) is 5.62. The van der Waals surface area contributed by atoms with Crippen molar-refractivity contribution in [3.63, 3.8) is 0 Å². The van der Waals surface area contributed by atoms with Gasteiger partial charge in [-0.05, 0) is 32.1 Å². The Morgan fingerprint density at radius 3 is 2.79 bits per heavy atom. The lowest BCUT2D eigenvalue weighted by Crippen LogP contribution is -2.63. The molecule has 3 rings (SSSR count). The van der Waals surface area contributed by atoms with Crippen LogP contribution in [0.2, 0.25) is 0 Å². The molecule has 0 unspecified atom stereocenters. The summed E-state index contributed by atoms with van der Waals surface area (Å²) in [7, 11) is 0. The summed E-state index contributed by atoms with van der Waals surface area (Å²) in [6, 6.07) is 0. The number of ether oxygens (including phenoxy) is 1. The van der Waals surface area contributed by atoms with E-state index < -0.39 is 11.0 Å². The zero-order chi connectivity index (χ0) is 13.8. The molecule has 0 aromatic heterocycles. The molecule has 3 heteroatoms. The summed E-state index contributed by atoms with van der Waals surface area (Å²) in [6.07, 6.45) is 6.21. The minimum atomic E-state index is -0.679. The Bertz CT molecular complexity index is 467. The number of hydrogen-bond donors (Lipinski definition) is 0. The number of carbonyl (C=O) groups is 2. The number of ketones is 2. The van der Waals surface area contributed by atoms with Gasteiger partial charge >= 0.3 is 0 Å². The van der Waals surface area contributed by atoms with Crippen LogP contribution in [0.5, 0.6) is 0 Å². The average Bonchev–Trinajstić information content (AvgIpc) is 2.32. The van der Waals surface area contributed by atoms with E-state index in [4.69, 9.17) is 4.74 Å². The molecule has 0 N–H and O–H groups in total. The third-order valence-corrected chi connectivity index (χ3v) is 5.62. The van der Waals surface area contributed by atoms with E-state index in [0.717, 1.165) is 6.42 Å². The van der Waals surface area contributed by atoms with E-state index in [1.165, 1.54) is 0 Å². The second-order valence-electron chi connectivity index (χ2n) is 6.84. The molecule has 0 radical (unpaired) electrons. The largest absolute Gasteiger partial charge is 0.370 e. The summed E-state index contributed by atoms with van der Waals surface area (Å²) in [5.41, 5.74) is -1.29. The summed E-state index contributed by atoms with van der Waals surface area (Å²) in [4.78, 5) is 25.1. The molecule has 0 bridgehead atoms. The standard InChI is InChI=1S/C16H22O3/c1-10-8-11-4-6-15(2)16(3,13(18)5-7-19-15)14(11)12(17)9-10/h4,6,10-11,14H,5,7-9H2,1-3H3/t10-,11+,14-,15-,16-/m1/s1. The highest BCUT2D eigenvalue weighted by molar-refractivity contribution is 5.95. The van der Waals surface area contributed by atoms with Gasteiger partial charge in [0.2, 0.25) is 0 Å². The Hall–Kier alpha value is -0.960. The van der Waals surface area contributed by atoms with Crippen LogP contribution < -0.4 is 0 Å². The molecule has 3 aliphatic rings. The maximum absolute atomic E-state index is 12.6. The number of rotatable bonds is 0. The smallest absolute Gasteiger partial charge is 0.145 e. The zero-order valence-corrected chi connectivity index (χ0v) is 11.9. The molecule has 2 fully saturated rings. The summed E-state index contributed by atoms with van der Waals surface area (Å²) in [5.74, 6) is 0.890. The normalized spacial score (nSPS) is 49.7. The molecule has 5 atom stereocenters. The molecule has 2 aliphatic carbocycles. The van der Waals surface area contributed by atoms with E-state index >= 15 is 0 Å². The summed E-state index contributed by atoms with van der Waals surface area (Å²) >= 11 is 0. The van der Waals surface area contributed by atoms with Gasteiger partial charge in [-0.1, -0.05) is 19.1 Å². The van der Waals surface area contributed by atoms with Gasteiger partial charge in [0.05, 0.1) is 17.6 Å². The molecule has 1 saturated carbocycles. The fraction of sp³-hybridized carbons (Fsp3) is 0.750. The second-order valence-corrected chi connectivity index (χ2v) is 6.84. The van der Waals surface area contributed by atoms with Crippen molar-refractivity contribution in [2.45, 2.75) is 45.6 Å². The SMILES string of the molecule is C[C@H]1CC(=O)[C@H]2[C@@H](C=C[C@@]3(C)OCCC(=O)[C@]23C)C1. The maximum Gasteiger partial charge on any atom is 0.145 e. The fourth-order valence-corrected chi connectivity index (χ4v) is 4.39. The van der Waals surface area contributed by atoms with E-state index in [-0.39, 0.29) is 23.4 Å². The van der Waals surface area contributed by atoms with Crippen LogP contribution in [0.4, 0.5) is 0 Å². The van der Waals surface area contributed by atoms with E-state index in [9.17, 15) is 9.59 Å². The molecule has 0 spiro atoms. The van der Waals surface area contributed by atoms with Crippen molar-refractivity contribution < 1.29 is 14.3 Å². The predicted molar refractivity (Wildman–Crippen MR) is 71.6 cm³/mol. The van der Waals surface area contributed by atoms with Crippen molar-refractivity contribution in [1.82, 2.24) is 0 Å². The first-order chi connectivity index (χ1) is 8.88. The highest BCUT2D eigenvalue weighted by Gasteiger charge is 2.62. The number of fused-ring (bicyclic) bond motifs is 3. The second kappa shape index (κ2) is 4.02. The predicted octanol–water partition coefficient (Wildman–Crippen LogP) is 2.54. The monoisotopic (exact) mass is 262 g/mol. The first kappa shape index (κ1) is 13.0. The number of Topliss-reactive ketones (excluding diaryl/α,β-unsaturated/α-hetero) is 2. The topological polar surface area (TPSA) is 43.4 Å². The Balaban J connectivity index is 2.10. The van der Waals surface area contributed by atoms with Crippen molar-refractivity contribution in [2.75, 3.05) is 6.61 Å². The molecule has 0 aromatic rings. The first-order valence-corrected chi connectivity index (χ1v) is 7.28. The number of allylic oxidation sites excluding steroid dienone is 1. The Labute approximate surface area is 114 Å². The summed E-state index contributed by atoms with van der Waals surface area (Å²) in [6.45, 7) is 6.50. The van der Waals surface area contributed by atoms with Crippen LogP contribution in [0, 0.1) is 23.2 Å². The van der Waals surface area contributed by atoms with Gasteiger partial charge in [-0.15, -0.1) is 0 Å². The van der Waals surface area contributed by atoms with Gasteiger partial charge in [0.15, 0.2) is 0 Å². The Morgan fingerprint density at radius 1 is 1.32 bits per heavy atom. The quantitative estimate of drug-likeness (QED) is 0.630. The van der Waals surface area contributed by atoms with Gasteiger partial charge in [-0.2, -0.15) is 0 Å². The molecule has 0 aromatic carbocycles. The summed E-state index contributed by atoms with van der Waals surface area (Å²) < 4.78 is 5.91. The van der Waals surface area contributed by atoms with Crippen LogP contribution in [0.1, 0.15) is 40.0 Å². The summed E-state index contributed by atoms with van der Waals surface area (Å²) in [5, 5.41) is 0. The third kappa shape index (κ3) is 1.60. The molecular weight excluding hydrogens is 240 g/mol. The van der Waals surface area contributed by atoms with Gasteiger partial charge in [0.1, 0.15) is 11.6 Å². The average molecular weight is 262 g/mol. The molecule has 3 nitrogen and oxygen atoms in total. The van der Waals surface area contributed by atoms with Crippen molar-refractivity contribution in [3.8, 4) is 0 Å². The highest BCUT2D eigenvalue weighted by atomic mass is 16.5. The molecular formula is C16H22O3. The van der Waals surface area contributed by atoms with Crippen LogP contribution in [0.3, 0.4) is 0 Å². The van der Waals surface area contributed by atoms with Gasteiger partial charge in [0, 0.05) is 18.8 Å². The minimum absolute atomic E-state index is 0.188. The lowest BCUT2D eigenvalue weighted by Gasteiger charge is -2.56. The van der Waals surface area contributed by atoms with Crippen LogP contribution in [0.15, 0.2) is 12.2 Å². The van der Waals surface area contributed by atoms with Crippen molar-refractivity contribution in [3.05, 3.63) is 12.2 Å². The van der Waals surface area contributed by atoms with Crippen molar-refractivity contribution in [1.29, 1.82) is 0 Å². The minimum Gasteiger partial charge on any atom is -0.370 e. The van der Waals surface area contributed by atoms with Crippen LogP contribution in [-0.4, -0.2) is 23.8 Å². The Kier molecular flexibility index (Phi) is 2.76. The zero-order valence-electron chi connectivity index (χ0n) is 11.9. The van der Waals surface area contributed by atoms with Gasteiger partial charge < -0.3 is 4.74 Å².